The summed E-state index contributed by atoms with van der Waals surface area (Å²) in [4.78, 5) is 69.5. The number of ether oxygens (including phenoxy) is 2. The van der Waals surface area contributed by atoms with Crippen molar-refractivity contribution in [3.8, 4) is 5.75 Å². The van der Waals surface area contributed by atoms with Gasteiger partial charge in [0.25, 0.3) is 0 Å². The molecule has 0 spiro atoms. The van der Waals surface area contributed by atoms with E-state index in [1.54, 1.807) is 45.0 Å². The van der Waals surface area contributed by atoms with Gasteiger partial charge in [-0.3, -0.25) is 19.2 Å². The first kappa shape index (κ1) is 35.6. The predicted octanol–water partition coefficient (Wildman–Crippen LogP) is 0.215. The van der Waals surface area contributed by atoms with Gasteiger partial charge in [0.1, 0.15) is 35.0 Å². The number of aliphatic hydroxyl groups excluding tert-OH is 2. The van der Waals surface area contributed by atoms with E-state index in [4.69, 9.17) is 15.2 Å². The predicted molar refractivity (Wildman–Crippen MR) is 163 cm³/mol. The molecular formula is C31H47N5O9. The van der Waals surface area contributed by atoms with Gasteiger partial charge in [-0.1, -0.05) is 12.1 Å². The van der Waals surface area contributed by atoms with Gasteiger partial charge in [-0.05, 0) is 78.0 Å². The number of rotatable bonds is 11. The molecule has 45 heavy (non-hydrogen) atoms. The van der Waals surface area contributed by atoms with E-state index < -0.39 is 71.2 Å². The molecule has 14 nitrogen and oxygen atoms in total. The van der Waals surface area contributed by atoms with E-state index in [1.807, 2.05) is 0 Å². The average molecular weight is 634 g/mol. The van der Waals surface area contributed by atoms with Gasteiger partial charge in [0, 0.05) is 19.5 Å². The van der Waals surface area contributed by atoms with Crippen LogP contribution in [-0.4, -0.2) is 111 Å². The zero-order chi connectivity index (χ0) is 33.7. The highest BCUT2D eigenvalue weighted by Gasteiger charge is 2.53. The van der Waals surface area contributed by atoms with Crippen molar-refractivity contribution >= 4 is 29.7 Å². The number of alkyl carbamates (subject to hydrolysis) is 1. The molecule has 2 fully saturated rings. The Bertz CT molecular complexity index is 1250. The lowest BCUT2D eigenvalue weighted by molar-refractivity contribution is -0.153. The van der Waals surface area contributed by atoms with Crippen LogP contribution in [-0.2, 0) is 30.3 Å². The van der Waals surface area contributed by atoms with Gasteiger partial charge in [-0.15, -0.1) is 0 Å². The van der Waals surface area contributed by atoms with Gasteiger partial charge in [0.15, 0.2) is 0 Å². The summed E-state index contributed by atoms with van der Waals surface area (Å²) in [7, 11) is 1.53. The number of carbonyl (C=O) groups is 5. The minimum absolute atomic E-state index is 0.0804. The molecule has 1 unspecified atom stereocenters. The number of nitrogens with one attached hydrogen (secondary N) is 2. The number of nitrogens with zero attached hydrogens (tertiary/aromatic N) is 2. The molecule has 2 aliphatic heterocycles. The van der Waals surface area contributed by atoms with E-state index in [0.29, 0.717) is 30.6 Å². The lowest BCUT2D eigenvalue weighted by Gasteiger charge is -2.41. The van der Waals surface area contributed by atoms with Gasteiger partial charge in [-0.25, -0.2) is 4.79 Å². The molecule has 250 valence electrons. The van der Waals surface area contributed by atoms with Crippen molar-refractivity contribution in [1.29, 1.82) is 0 Å². The normalized spacial score (nSPS) is 22.6. The molecule has 0 aromatic heterocycles. The average Bonchev–Trinajstić information content (AvgIpc) is 3.61. The monoisotopic (exact) mass is 633 g/mol. The molecule has 0 radical (unpaired) electrons. The minimum atomic E-state index is -1.47. The van der Waals surface area contributed by atoms with Crippen LogP contribution >= 0.6 is 0 Å². The summed E-state index contributed by atoms with van der Waals surface area (Å²) in [5, 5.41) is 25.6. The Morgan fingerprint density at radius 1 is 1.00 bits per heavy atom. The van der Waals surface area contributed by atoms with Crippen LogP contribution in [0.25, 0.3) is 0 Å². The fraction of sp³-hybridized carbons (Fsp3) is 0.645. The minimum Gasteiger partial charge on any atom is -0.497 e. The molecule has 1 aromatic carbocycles. The largest absolute Gasteiger partial charge is 0.497 e. The van der Waals surface area contributed by atoms with E-state index in [-0.39, 0.29) is 25.9 Å². The third-order valence-electron chi connectivity index (χ3n) is 8.15. The molecule has 2 saturated heterocycles. The van der Waals surface area contributed by atoms with Crippen LogP contribution in [0.1, 0.15) is 65.9 Å². The first-order valence-electron chi connectivity index (χ1n) is 15.2. The number of methoxy groups -OCH3 is 1. The van der Waals surface area contributed by atoms with Crippen LogP contribution in [0.3, 0.4) is 0 Å². The van der Waals surface area contributed by atoms with E-state index >= 15 is 0 Å². The van der Waals surface area contributed by atoms with Crippen molar-refractivity contribution in [2.45, 2.75) is 108 Å². The third-order valence-corrected chi connectivity index (χ3v) is 8.15. The zero-order valence-electron chi connectivity index (χ0n) is 26.9. The zero-order valence-corrected chi connectivity index (χ0v) is 26.9. The first-order valence-corrected chi connectivity index (χ1v) is 15.2. The molecule has 0 bridgehead atoms. The highest BCUT2D eigenvalue weighted by atomic mass is 16.6. The highest BCUT2D eigenvalue weighted by Crippen LogP contribution is 2.36. The summed E-state index contributed by atoms with van der Waals surface area (Å²) < 4.78 is 10.5. The number of likely N-dealkylation sites (tertiary alicyclic amines) is 2. The van der Waals surface area contributed by atoms with Crippen molar-refractivity contribution in [3.05, 3.63) is 29.8 Å². The van der Waals surface area contributed by atoms with Crippen LogP contribution in [0.5, 0.6) is 5.75 Å². The van der Waals surface area contributed by atoms with Gasteiger partial charge < -0.3 is 45.9 Å². The molecule has 0 aliphatic carbocycles. The Hall–Kier alpha value is -3.91. The number of hydrogen-bond acceptors (Lipinski definition) is 9. The number of primary amides is 1. The number of aliphatic hydroxyl groups is 2. The maximum Gasteiger partial charge on any atom is 0.408 e. The second-order valence-corrected chi connectivity index (χ2v) is 12.8. The Kier molecular flexibility index (Phi) is 11.4. The first-order chi connectivity index (χ1) is 21.0. The second-order valence-electron chi connectivity index (χ2n) is 12.8. The van der Waals surface area contributed by atoms with Crippen molar-refractivity contribution in [3.63, 3.8) is 0 Å². The topological polar surface area (TPSA) is 201 Å². The van der Waals surface area contributed by atoms with Crippen LogP contribution in [0.2, 0.25) is 0 Å². The second kappa shape index (κ2) is 14.5. The highest BCUT2D eigenvalue weighted by molar-refractivity contribution is 5.98. The fourth-order valence-electron chi connectivity index (χ4n) is 5.95. The van der Waals surface area contributed by atoms with Crippen LogP contribution in [0.4, 0.5) is 4.79 Å². The Balaban J connectivity index is 1.95. The summed E-state index contributed by atoms with van der Waals surface area (Å²) in [6.45, 7) is 8.08. The summed E-state index contributed by atoms with van der Waals surface area (Å²) in [6.07, 6.45) is -1.89. The molecule has 3 rings (SSSR count). The van der Waals surface area contributed by atoms with E-state index in [2.05, 4.69) is 10.6 Å². The van der Waals surface area contributed by atoms with E-state index in [1.165, 1.54) is 30.8 Å². The van der Waals surface area contributed by atoms with Gasteiger partial charge in [0.05, 0.1) is 19.3 Å². The molecular weight excluding hydrogens is 586 g/mol. The number of amides is 5. The molecule has 5 amide bonds. The van der Waals surface area contributed by atoms with E-state index in [9.17, 15) is 34.2 Å². The van der Waals surface area contributed by atoms with Gasteiger partial charge in [0.2, 0.25) is 23.6 Å². The summed E-state index contributed by atoms with van der Waals surface area (Å²) in [5.74, 6) is -2.11. The Labute approximate surface area is 263 Å². The molecule has 14 heteroatoms. The number of nitrogens with two attached hydrogens (primary N) is 1. The molecule has 0 saturated carbocycles. The quantitative estimate of drug-likeness (QED) is 0.226. The fourth-order valence-corrected chi connectivity index (χ4v) is 5.95. The lowest BCUT2D eigenvalue weighted by atomic mass is 9.86. The SMILES string of the molecule is COc1ccc(CC2(C(=O)N[C@H](C(N)=O)[C@@H](C)O)CCCN2C(=O)[C@@H]2CCCN2C(=O)[C@@H](NC(=O)OC(C)(C)C)[C@@H](C)O)cc1. The molecule has 2 heterocycles. The van der Waals surface area contributed by atoms with Gasteiger partial charge in [-0.2, -0.15) is 0 Å². The third kappa shape index (κ3) is 8.42. The number of hydrogen-bond donors (Lipinski definition) is 5. The smallest absolute Gasteiger partial charge is 0.408 e. The maximum absolute atomic E-state index is 14.3. The van der Waals surface area contributed by atoms with Gasteiger partial charge >= 0.3 is 6.09 Å². The molecule has 1 aromatic rings. The molecule has 2 aliphatic rings. The van der Waals surface area contributed by atoms with Crippen molar-refractivity contribution in [1.82, 2.24) is 20.4 Å². The summed E-state index contributed by atoms with van der Waals surface area (Å²) in [6, 6.07) is 3.28. The number of carbonyl (C=O) groups excluding carboxylic acids is 5. The van der Waals surface area contributed by atoms with Crippen molar-refractivity contribution < 1.29 is 43.7 Å². The van der Waals surface area contributed by atoms with Crippen LogP contribution in [0.15, 0.2) is 24.3 Å². The van der Waals surface area contributed by atoms with Crippen molar-refractivity contribution in [2.24, 2.45) is 5.73 Å². The molecule has 6 atom stereocenters. The Morgan fingerprint density at radius 3 is 2.16 bits per heavy atom. The number of benzene rings is 1. The maximum atomic E-state index is 14.3. The lowest BCUT2D eigenvalue weighted by Crippen LogP contribution is -2.65. The Morgan fingerprint density at radius 2 is 1.62 bits per heavy atom. The summed E-state index contributed by atoms with van der Waals surface area (Å²) >= 11 is 0. The summed E-state index contributed by atoms with van der Waals surface area (Å²) in [5.41, 5.74) is 3.88. The van der Waals surface area contributed by atoms with Crippen LogP contribution < -0.4 is 21.1 Å². The van der Waals surface area contributed by atoms with E-state index in [0.717, 1.165) is 0 Å². The standard InChI is InChI=1S/C31H47N5O9/c1-18(37)23(25(32)39)33-28(42)31(17-20-10-12-21(44-6)13-11-20)14-8-16-36(31)26(40)22-9-7-15-35(22)27(41)24(19(2)38)34-29(43)45-30(3,4)5/h10-13,18-19,22-24,37-38H,7-9,14-17H2,1-6H3,(H2,32,39)(H,33,42)(H,34,43)/t18-,19-,22+,23+,24+,31?/m1/s1. The van der Waals surface area contributed by atoms with Crippen LogP contribution in [0, 0.1) is 0 Å². The van der Waals surface area contributed by atoms with Crippen molar-refractivity contribution in [2.75, 3.05) is 20.2 Å². The molecule has 6 N–H and O–H groups in total.